The summed E-state index contributed by atoms with van der Waals surface area (Å²) in [5, 5.41) is 0. The average molecular weight is 230 g/mol. The molecule has 0 amide bonds. The van der Waals surface area contributed by atoms with Crippen molar-refractivity contribution in [1.82, 2.24) is 0 Å². The van der Waals surface area contributed by atoms with Crippen LogP contribution < -0.4 is 0 Å². The van der Waals surface area contributed by atoms with Crippen LogP contribution in [0.3, 0.4) is 0 Å². The summed E-state index contributed by atoms with van der Waals surface area (Å²) in [6.07, 6.45) is 9.75. The molecule has 0 radical (unpaired) electrons. The van der Waals surface area contributed by atoms with E-state index in [9.17, 15) is 4.79 Å². The molecule has 0 spiro atoms. The molecule has 17 heavy (non-hydrogen) atoms. The van der Waals surface area contributed by atoms with Crippen molar-refractivity contribution in [1.29, 1.82) is 0 Å². The minimum atomic E-state index is -0.221. The standard InChI is InChI=1S/C15H18O2/c16-15(13-9-5-4-6-10-13)17-14-11-7-2-1-3-8-12-14/h4-7,9-11,14H,1-3,8,12H2/b11-7+/t14-/m0/s1. The highest BCUT2D eigenvalue weighted by Gasteiger charge is 2.13. The minimum Gasteiger partial charge on any atom is -0.455 e. The summed E-state index contributed by atoms with van der Waals surface area (Å²) in [5.41, 5.74) is 0.628. The van der Waals surface area contributed by atoms with Crippen LogP contribution in [0.4, 0.5) is 0 Å². The van der Waals surface area contributed by atoms with Gasteiger partial charge >= 0.3 is 5.97 Å². The summed E-state index contributed by atoms with van der Waals surface area (Å²) in [6.45, 7) is 0. The normalized spacial score (nSPS) is 22.2. The number of hydrogen-bond donors (Lipinski definition) is 0. The van der Waals surface area contributed by atoms with Gasteiger partial charge in [0.2, 0.25) is 0 Å². The predicted octanol–water partition coefficient (Wildman–Crippen LogP) is 3.73. The smallest absolute Gasteiger partial charge is 0.338 e. The average Bonchev–Trinajstić information content (AvgIpc) is 2.33. The molecule has 0 N–H and O–H groups in total. The largest absolute Gasteiger partial charge is 0.455 e. The lowest BCUT2D eigenvalue weighted by Crippen LogP contribution is -2.16. The second-order valence-corrected chi connectivity index (χ2v) is 4.38. The van der Waals surface area contributed by atoms with E-state index < -0.39 is 0 Å². The molecule has 1 aliphatic rings. The van der Waals surface area contributed by atoms with Crippen molar-refractivity contribution < 1.29 is 9.53 Å². The van der Waals surface area contributed by atoms with E-state index in [1.54, 1.807) is 12.1 Å². The Balaban J connectivity index is 1.95. The van der Waals surface area contributed by atoms with Gasteiger partial charge in [0.25, 0.3) is 0 Å². The Hall–Kier alpha value is -1.57. The van der Waals surface area contributed by atoms with Crippen LogP contribution >= 0.6 is 0 Å². The molecule has 1 aromatic rings. The molecule has 1 aliphatic carbocycles. The van der Waals surface area contributed by atoms with Crippen LogP contribution in [0.2, 0.25) is 0 Å². The van der Waals surface area contributed by atoms with E-state index in [0.717, 1.165) is 19.3 Å². The van der Waals surface area contributed by atoms with Crippen LogP contribution in [0.25, 0.3) is 0 Å². The molecule has 0 saturated carbocycles. The minimum absolute atomic E-state index is 0.0528. The van der Waals surface area contributed by atoms with Gasteiger partial charge in [0.05, 0.1) is 5.56 Å². The SMILES string of the molecule is O=C(O[C@H]1/C=C/CCCCC1)c1ccccc1. The number of benzene rings is 1. The summed E-state index contributed by atoms with van der Waals surface area (Å²) < 4.78 is 5.49. The highest BCUT2D eigenvalue weighted by atomic mass is 16.5. The molecule has 0 aliphatic heterocycles. The first-order chi connectivity index (χ1) is 8.36. The third-order valence-corrected chi connectivity index (χ3v) is 2.98. The second-order valence-electron chi connectivity index (χ2n) is 4.38. The molecule has 1 atom stereocenters. The van der Waals surface area contributed by atoms with Gasteiger partial charge in [0, 0.05) is 0 Å². The van der Waals surface area contributed by atoms with Crippen LogP contribution in [0.1, 0.15) is 42.5 Å². The molecule has 0 saturated heterocycles. The summed E-state index contributed by atoms with van der Waals surface area (Å²) in [6, 6.07) is 9.17. The molecule has 0 bridgehead atoms. The van der Waals surface area contributed by atoms with Gasteiger partial charge in [-0.3, -0.25) is 0 Å². The predicted molar refractivity (Wildman–Crippen MR) is 67.9 cm³/mol. The molecular weight excluding hydrogens is 212 g/mol. The number of esters is 1. The van der Waals surface area contributed by atoms with Crippen molar-refractivity contribution in [2.24, 2.45) is 0 Å². The molecule has 2 rings (SSSR count). The maximum absolute atomic E-state index is 11.9. The van der Waals surface area contributed by atoms with Gasteiger partial charge in [0.1, 0.15) is 6.10 Å². The Morgan fingerprint density at radius 1 is 1.12 bits per heavy atom. The van der Waals surface area contributed by atoms with Crippen molar-refractivity contribution in [2.45, 2.75) is 38.2 Å². The van der Waals surface area contributed by atoms with E-state index in [4.69, 9.17) is 4.74 Å². The maximum Gasteiger partial charge on any atom is 0.338 e. The summed E-state index contributed by atoms with van der Waals surface area (Å²) in [5.74, 6) is -0.221. The summed E-state index contributed by atoms with van der Waals surface area (Å²) in [7, 11) is 0. The van der Waals surface area contributed by atoms with Crippen molar-refractivity contribution in [3.63, 3.8) is 0 Å². The number of ether oxygens (including phenoxy) is 1. The molecule has 2 heteroatoms. The van der Waals surface area contributed by atoms with Gasteiger partial charge in [-0.1, -0.05) is 30.7 Å². The van der Waals surface area contributed by atoms with Gasteiger partial charge in [-0.15, -0.1) is 0 Å². The summed E-state index contributed by atoms with van der Waals surface area (Å²) in [4.78, 5) is 11.9. The van der Waals surface area contributed by atoms with Crippen molar-refractivity contribution in [2.75, 3.05) is 0 Å². The number of hydrogen-bond acceptors (Lipinski definition) is 2. The Bertz CT molecular complexity index is 381. The molecule has 2 nitrogen and oxygen atoms in total. The van der Waals surface area contributed by atoms with E-state index in [2.05, 4.69) is 6.08 Å². The van der Waals surface area contributed by atoms with Crippen LogP contribution in [0.5, 0.6) is 0 Å². The molecule has 0 unspecified atom stereocenters. The Morgan fingerprint density at radius 2 is 1.94 bits per heavy atom. The quantitative estimate of drug-likeness (QED) is 0.571. The van der Waals surface area contributed by atoms with E-state index in [-0.39, 0.29) is 12.1 Å². The summed E-state index contributed by atoms with van der Waals surface area (Å²) >= 11 is 0. The number of allylic oxidation sites excluding steroid dienone is 1. The lowest BCUT2D eigenvalue weighted by Gasteiger charge is -2.16. The zero-order chi connectivity index (χ0) is 11.9. The van der Waals surface area contributed by atoms with E-state index >= 15 is 0 Å². The van der Waals surface area contributed by atoms with E-state index in [1.165, 1.54) is 12.8 Å². The molecule has 90 valence electrons. The number of rotatable bonds is 2. The number of carbonyl (C=O) groups is 1. The van der Waals surface area contributed by atoms with Gasteiger partial charge < -0.3 is 4.74 Å². The monoisotopic (exact) mass is 230 g/mol. The molecule has 0 fully saturated rings. The van der Waals surface area contributed by atoms with Crippen LogP contribution in [-0.2, 0) is 4.74 Å². The first-order valence-corrected chi connectivity index (χ1v) is 6.29. The van der Waals surface area contributed by atoms with Crippen molar-refractivity contribution in [3.05, 3.63) is 48.0 Å². The zero-order valence-corrected chi connectivity index (χ0v) is 9.97. The topological polar surface area (TPSA) is 26.3 Å². The van der Waals surface area contributed by atoms with Gasteiger partial charge in [-0.05, 0) is 43.9 Å². The first-order valence-electron chi connectivity index (χ1n) is 6.29. The first kappa shape index (κ1) is 11.9. The fraction of sp³-hybridized carbons (Fsp3) is 0.400. The lowest BCUT2D eigenvalue weighted by atomic mass is 10.0. The highest BCUT2D eigenvalue weighted by Crippen LogP contribution is 2.15. The van der Waals surface area contributed by atoms with Crippen molar-refractivity contribution >= 4 is 5.97 Å². The Kier molecular flexibility index (Phi) is 4.37. The fourth-order valence-corrected chi connectivity index (χ4v) is 2.01. The maximum atomic E-state index is 11.9. The molecule has 0 aromatic heterocycles. The van der Waals surface area contributed by atoms with Gasteiger partial charge in [0.15, 0.2) is 0 Å². The molecule has 1 aromatic carbocycles. The van der Waals surface area contributed by atoms with E-state index in [0.29, 0.717) is 5.56 Å². The third kappa shape index (κ3) is 3.74. The molecular formula is C15H18O2. The Morgan fingerprint density at radius 3 is 2.76 bits per heavy atom. The van der Waals surface area contributed by atoms with Gasteiger partial charge in [-0.25, -0.2) is 4.79 Å². The van der Waals surface area contributed by atoms with Crippen LogP contribution in [-0.4, -0.2) is 12.1 Å². The second kappa shape index (κ2) is 6.24. The third-order valence-electron chi connectivity index (χ3n) is 2.98. The van der Waals surface area contributed by atoms with Crippen LogP contribution in [0.15, 0.2) is 42.5 Å². The molecule has 0 heterocycles. The van der Waals surface area contributed by atoms with Crippen molar-refractivity contribution in [3.8, 4) is 0 Å². The van der Waals surface area contributed by atoms with Crippen LogP contribution in [0, 0.1) is 0 Å². The highest BCUT2D eigenvalue weighted by molar-refractivity contribution is 5.89. The zero-order valence-electron chi connectivity index (χ0n) is 9.97. The van der Waals surface area contributed by atoms with Gasteiger partial charge in [-0.2, -0.15) is 0 Å². The van der Waals surface area contributed by atoms with E-state index in [1.807, 2.05) is 24.3 Å². The number of carbonyl (C=O) groups excluding carboxylic acids is 1. The Labute approximate surface area is 102 Å². The fourth-order valence-electron chi connectivity index (χ4n) is 2.01. The lowest BCUT2D eigenvalue weighted by molar-refractivity contribution is 0.0374.